The normalized spacial score (nSPS) is 17.2. The van der Waals surface area contributed by atoms with E-state index in [0.29, 0.717) is 6.04 Å². The largest absolute Gasteiger partial charge is 0.348 e. The zero-order chi connectivity index (χ0) is 12.4. The molecule has 96 valence electrons. The van der Waals surface area contributed by atoms with Gasteiger partial charge in [0.1, 0.15) is 0 Å². The third kappa shape index (κ3) is 2.80. The van der Waals surface area contributed by atoms with Gasteiger partial charge in [-0.15, -0.1) is 11.3 Å². The van der Waals surface area contributed by atoms with Crippen LogP contribution in [0.5, 0.6) is 0 Å². The molecule has 3 nitrogen and oxygen atoms in total. The molecule has 0 amide bonds. The topological polar surface area (TPSA) is 28.2 Å². The number of anilines is 1. The number of aromatic nitrogens is 1. The first-order valence-electron chi connectivity index (χ1n) is 6.54. The molecular formula is C13H23N3S. The van der Waals surface area contributed by atoms with Crippen LogP contribution in [0.25, 0.3) is 0 Å². The third-order valence-corrected chi connectivity index (χ3v) is 4.73. The fourth-order valence-electron chi connectivity index (χ4n) is 1.93. The Morgan fingerprint density at radius 2 is 2.24 bits per heavy atom. The van der Waals surface area contributed by atoms with E-state index < -0.39 is 0 Å². The molecule has 0 aromatic carbocycles. The van der Waals surface area contributed by atoms with Gasteiger partial charge >= 0.3 is 0 Å². The number of hydrogen-bond acceptors (Lipinski definition) is 4. The molecule has 4 heteroatoms. The smallest absolute Gasteiger partial charge is 0.185 e. The lowest BCUT2D eigenvalue weighted by Crippen LogP contribution is -2.27. The van der Waals surface area contributed by atoms with E-state index in [4.69, 9.17) is 4.98 Å². The summed E-state index contributed by atoms with van der Waals surface area (Å²) in [6.07, 6.45) is 3.82. The number of thiazole rings is 1. The van der Waals surface area contributed by atoms with Crippen molar-refractivity contribution in [3.05, 3.63) is 10.6 Å². The lowest BCUT2D eigenvalue weighted by molar-refractivity contribution is 0.661. The highest BCUT2D eigenvalue weighted by Gasteiger charge is 2.30. The first kappa shape index (κ1) is 12.8. The van der Waals surface area contributed by atoms with Crippen molar-refractivity contribution in [3.8, 4) is 0 Å². The summed E-state index contributed by atoms with van der Waals surface area (Å²) in [5, 5.41) is 4.44. The second kappa shape index (κ2) is 5.36. The molecule has 1 aliphatic carbocycles. The summed E-state index contributed by atoms with van der Waals surface area (Å²) in [6, 6.07) is 0.565. The minimum Gasteiger partial charge on any atom is -0.348 e. The summed E-state index contributed by atoms with van der Waals surface area (Å²) in [5.74, 6) is 0.744. The fraction of sp³-hybridized carbons (Fsp3) is 0.769. The van der Waals surface area contributed by atoms with E-state index in [1.807, 2.05) is 18.4 Å². The summed E-state index contributed by atoms with van der Waals surface area (Å²) in [6.45, 7) is 5.44. The van der Waals surface area contributed by atoms with Gasteiger partial charge in [-0.1, -0.05) is 6.92 Å². The standard InChI is InChI=1S/C13H23N3S/c1-5-9(2)16(4)13-15-12(10-6-7-10)11(17-13)8-14-3/h9-10,14H,5-8H2,1-4H3. The molecule has 0 saturated heterocycles. The van der Waals surface area contributed by atoms with Crippen LogP contribution in [0.2, 0.25) is 0 Å². The summed E-state index contributed by atoms with van der Waals surface area (Å²) in [7, 11) is 4.17. The van der Waals surface area contributed by atoms with E-state index in [2.05, 4.69) is 31.1 Å². The van der Waals surface area contributed by atoms with Gasteiger partial charge < -0.3 is 10.2 Å². The molecule has 1 aliphatic rings. The van der Waals surface area contributed by atoms with Crippen LogP contribution in [-0.4, -0.2) is 25.1 Å². The maximum atomic E-state index is 4.86. The van der Waals surface area contributed by atoms with Crippen molar-refractivity contribution >= 4 is 16.5 Å². The van der Waals surface area contributed by atoms with Crippen LogP contribution in [0, 0.1) is 0 Å². The molecule has 1 aromatic heterocycles. The highest BCUT2D eigenvalue weighted by Crippen LogP contribution is 2.44. The minimum absolute atomic E-state index is 0.565. The van der Waals surface area contributed by atoms with Gasteiger partial charge in [-0.3, -0.25) is 0 Å². The lowest BCUT2D eigenvalue weighted by atomic mass is 10.2. The zero-order valence-electron chi connectivity index (χ0n) is 11.3. The maximum Gasteiger partial charge on any atom is 0.185 e. The van der Waals surface area contributed by atoms with Crippen LogP contribution in [0.15, 0.2) is 0 Å². The monoisotopic (exact) mass is 253 g/mol. The molecule has 1 N–H and O–H groups in total. The van der Waals surface area contributed by atoms with Gasteiger partial charge in [0.2, 0.25) is 0 Å². The van der Waals surface area contributed by atoms with E-state index in [1.54, 1.807) is 0 Å². The van der Waals surface area contributed by atoms with Crippen LogP contribution in [-0.2, 0) is 6.54 Å². The lowest BCUT2D eigenvalue weighted by Gasteiger charge is -2.22. The second-order valence-electron chi connectivity index (χ2n) is 4.98. The van der Waals surface area contributed by atoms with Crippen molar-refractivity contribution in [1.82, 2.24) is 10.3 Å². The third-order valence-electron chi connectivity index (χ3n) is 3.57. The highest BCUT2D eigenvalue weighted by molar-refractivity contribution is 7.15. The van der Waals surface area contributed by atoms with Crippen LogP contribution in [0.1, 0.15) is 49.6 Å². The van der Waals surface area contributed by atoms with Crippen molar-refractivity contribution in [2.75, 3.05) is 19.0 Å². The predicted molar refractivity (Wildman–Crippen MR) is 75.0 cm³/mol. The van der Waals surface area contributed by atoms with E-state index in [-0.39, 0.29) is 0 Å². The quantitative estimate of drug-likeness (QED) is 0.845. The van der Waals surface area contributed by atoms with E-state index in [1.165, 1.54) is 28.5 Å². The van der Waals surface area contributed by atoms with Gasteiger partial charge in [-0.25, -0.2) is 4.98 Å². The SMILES string of the molecule is CCC(C)N(C)c1nc(C2CC2)c(CNC)s1. The molecule has 1 heterocycles. The Bertz CT molecular complexity index is 371. The molecule has 1 atom stereocenters. The number of nitrogens with one attached hydrogen (secondary N) is 1. The summed E-state index contributed by atoms with van der Waals surface area (Å²) < 4.78 is 0. The average molecular weight is 253 g/mol. The van der Waals surface area contributed by atoms with Crippen molar-refractivity contribution in [2.24, 2.45) is 0 Å². The molecule has 1 aromatic rings. The first-order chi connectivity index (χ1) is 8.17. The highest BCUT2D eigenvalue weighted by atomic mass is 32.1. The fourth-order valence-corrected chi connectivity index (χ4v) is 3.15. The predicted octanol–water partition coefficient (Wildman–Crippen LogP) is 2.97. The first-order valence-corrected chi connectivity index (χ1v) is 7.36. The molecule has 1 saturated carbocycles. The Balaban J connectivity index is 2.20. The zero-order valence-corrected chi connectivity index (χ0v) is 12.1. The van der Waals surface area contributed by atoms with Gasteiger partial charge in [0.25, 0.3) is 0 Å². The Kier molecular flexibility index (Phi) is 4.05. The molecular weight excluding hydrogens is 230 g/mol. The van der Waals surface area contributed by atoms with Gasteiger partial charge in [0, 0.05) is 30.4 Å². The van der Waals surface area contributed by atoms with Crippen LogP contribution in [0.4, 0.5) is 5.13 Å². The molecule has 1 unspecified atom stereocenters. The molecule has 0 bridgehead atoms. The summed E-state index contributed by atoms with van der Waals surface area (Å²) in [5.41, 5.74) is 1.36. The maximum absolute atomic E-state index is 4.86. The minimum atomic E-state index is 0.565. The number of nitrogens with zero attached hydrogens (tertiary/aromatic N) is 2. The van der Waals surface area contributed by atoms with E-state index >= 15 is 0 Å². The van der Waals surface area contributed by atoms with Crippen LogP contribution < -0.4 is 10.2 Å². The Labute approximate surface area is 108 Å². The second-order valence-corrected chi connectivity index (χ2v) is 6.04. The molecule has 2 rings (SSSR count). The summed E-state index contributed by atoms with van der Waals surface area (Å²) >= 11 is 1.86. The Hall–Kier alpha value is -0.610. The van der Waals surface area contributed by atoms with E-state index in [9.17, 15) is 0 Å². The Morgan fingerprint density at radius 1 is 1.53 bits per heavy atom. The van der Waals surface area contributed by atoms with Crippen molar-refractivity contribution in [3.63, 3.8) is 0 Å². The molecule has 0 radical (unpaired) electrons. The van der Waals surface area contributed by atoms with E-state index in [0.717, 1.165) is 18.9 Å². The van der Waals surface area contributed by atoms with Crippen molar-refractivity contribution in [2.45, 2.75) is 51.6 Å². The van der Waals surface area contributed by atoms with Crippen LogP contribution in [0.3, 0.4) is 0 Å². The number of rotatable bonds is 6. The Morgan fingerprint density at radius 3 is 2.76 bits per heavy atom. The molecule has 17 heavy (non-hydrogen) atoms. The van der Waals surface area contributed by atoms with Crippen molar-refractivity contribution in [1.29, 1.82) is 0 Å². The average Bonchev–Trinajstić information content (AvgIpc) is 3.10. The molecule has 0 spiro atoms. The van der Waals surface area contributed by atoms with Gasteiger partial charge in [0.05, 0.1) is 5.69 Å². The van der Waals surface area contributed by atoms with Crippen LogP contribution >= 0.6 is 11.3 Å². The van der Waals surface area contributed by atoms with Gasteiger partial charge in [-0.05, 0) is 33.2 Å². The number of hydrogen-bond donors (Lipinski definition) is 1. The molecule has 0 aliphatic heterocycles. The van der Waals surface area contributed by atoms with Crippen molar-refractivity contribution < 1.29 is 0 Å². The summed E-state index contributed by atoms with van der Waals surface area (Å²) in [4.78, 5) is 8.61. The van der Waals surface area contributed by atoms with Gasteiger partial charge in [-0.2, -0.15) is 0 Å². The molecule has 1 fully saturated rings. The van der Waals surface area contributed by atoms with Gasteiger partial charge in [0.15, 0.2) is 5.13 Å².